The molecule has 0 saturated heterocycles. The highest BCUT2D eigenvalue weighted by Gasteiger charge is 2.26. The molecule has 1 unspecified atom stereocenters. The van der Waals surface area contributed by atoms with Crippen LogP contribution in [0.1, 0.15) is 73.3 Å². The molecule has 0 aliphatic rings. The number of carbonyl (C=O) groups is 4. The van der Waals surface area contributed by atoms with Gasteiger partial charge in [-0.1, -0.05) is 33.8 Å². The van der Waals surface area contributed by atoms with Crippen LogP contribution in [0.15, 0.2) is 28.8 Å². The summed E-state index contributed by atoms with van der Waals surface area (Å²) in [5.74, 6) is -1.04. The largest absolute Gasteiger partial charge is 0.506 e. The Balaban J connectivity index is 2.75. The molecule has 11 nitrogen and oxygen atoms in total. The fraction of sp³-hybridized carbons (Fsp3) is 0.613. The van der Waals surface area contributed by atoms with Crippen molar-refractivity contribution in [2.45, 2.75) is 85.8 Å². The molecule has 1 aromatic carbocycles. The number of anilines is 1. The number of benzene rings is 1. The summed E-state index contributed by atoms with van der Waals surface area (Å²) in [6.07, 6.45) is 2.25. The third-order valence-corrected chi connectivity index (χ3v) is 7.19. The molecule has 5 N–H and O–H groups in total. The van der Waals surface area contributed by atoms with E-state index >= 15 is 0 Å². The Labute approximate surface area is 264 Å². The number of amides is 4. The first kappa shape index (κ1) is 37.9. The van der Waals surface area contributed by atoms with E-state index in [2.05, 4.69) is 64.9 Å². The summed E-state index contributed by atoms with van der Waals surface area (Å²) in [7, 11) is 1.52. The fourth-order valence-electron chi connectivity index (χ4n) is 3.80. The van der Waals surface area contributed by atoms with Crippen molar-refractivity contribution in [2.75, 3.05) is 32.1 Å². The van der Waals surface area contributed by atoms with Crippen LogP contribution in [0.3, 0.4) is 0 Å². The smallest absolute Gasteiger partial charge is 0.407 e. The summed E-state index contributed by atoms with van der Waals surface area (Å²) < 4.78 is 10.4. The summed E-state index contributed by atoms with van der Waals surface area (Å²) in [5.41, 5.74) is 0.494. The zero-order valence-electron chi connectivity index (χ0n) is 26.7. The molecule has 4 amide bonds. The van der Waals surface area contributed by atoms with Crippen molar-refractivity contribution in [3.05, 3.63) is 34.3 Å². The summed E-state index contributed by atoms with van der Waals surface area (Å²) in [6.45, 7) is 14.9. The predicted molar refractivity (Wildman–Crippen MR) is 171 cm³/mol. The van der Waals surface area contributed by atoms with Crippen molar-refractivity contribution in [3.8, 4) is 5.75 Å². The average Bonchev–Trinajstić information content (AvgIpc) is 2.86. The van der Waals surface area contributed by atoms with Crippen molar-refractivity contribution in [1.82, 2.24) is 16.0 Å². The van der Waals surface area contributed by atoms with E-state index in [1.54, 1.807) is 12.1 Å². The Morgan fingerprint density at radius 1 is 1.05 bits per heavy atom. The van der Waals surface area contributed by atoms with Gasteiger partial charge in [-0.15, -0.1) is 0 Å². The fourth-order valence-corrected chi connectivity index (χ4v) is 4.15. The molecule has 43 heavy (non-hydrogen) atoms. The summed E-state index contributed by atoms with van der Waals surface area (Å²) in [5, 5.41) is 21.3. The first-order chi connectivity index (χ1) is 19.9. The van der Waals surface area contributed by atoms with Gasteiger partial charge in [-0.25, -0.2) is 4.79 Å². The first-order valence-corrected chi connectivity index (χ1v) is 15.2. The van der Waals surface area contributed by atoms with Gasteiger partial charge in [0.2, 0.25) is 11.8 Å². The zero-order chi connectivity index (χ0) is 32.8. The maximum Gasteiger partial charge on any atom is 0.407 e. The number of halogens is 1. The quantitative estimate of drug-likeness (QED) is 0.102. The van der Waals surface area contributed by atoms with Gasteiger partial charge in [0.05, 0.1) is 16.8 Å². The molecule has 0 saturated carbocycles. The topological polar surface area (TPSA) is 155 Å². The molecule has 0 fully saturated rings. The molecule has 2 atom stereocenters. The number of phenols is 1. The van der Waals surface area contributed by atoms with E-state index in [1.807, 2.05) is 20.8 Å². The maximum atomic E-state index is 12.6. The zero-order valence-corrected chi connectivity index (χ0v) is 28.3. The molecule has 0 aromatic heterocycles. The van der Waals surface area contributed by atoms with Crippen LogP contribution in [0.25, 0.3) is 0 Å². The number of alkyl carbamates (subject to hydrolysis) is 1. The Morgan fingerprint density at radius 3 is 2.33 bits per heavy atom. The monoisotopic (exact) mass is 668 g/mol. The summed E-state index contributed by atoms with van der Waals surface area (Å²) in [6, 6.07) is 4.74. The van der Waals surface area contributed by atoms with E-state index in [4.69, 9.17) is 9.47 Å². The van der Waals surface area contributed by atoms with E-state index in [0.717, 1.165) is 11.6 Å². The Hall–Kier alpha value is -3.12. The van der Waals surface area contributed by atoms with Crippen molar-refractivity contribution in [1.29, 1.82) is 0 Å². The van der Waals surface area contributed by atoms with Gasteiger partial charge in [-0.2, -0.15) is 0 Å². The van der Waals surface area contributed by atoms with Crippen LogP contribution in [-0.2, 0) is 30.3 Å². The van der Waals surface area contributed by atoms with Crippen LogP contribution in [0, 0.1) is 11.3 Å². The highest BCUT2D eigenvalue weighted by atomic mass is 79.9. The van der Waals surface area contributed by atoms with E-state index in [-0.39, 0.29) is 46.2 Å². The van der Waals surface area contributed by atoms with E-state index in [0.29, 0.717) is 38.3 Å². The number of nitrogens with one attached hydrogen (secondary N) is 4. The van der Waals surface area contributed by atoms with Gasteiger partial charge in [-0.3, -0.25) is 14.4 Å². The van der Waals surface area contributed by atoms with Crippen molar-refractivity contribution >= 4 is 45.4 Å². The molecular weight excluding hydrogens is 620 g/mol. The number of ether oxygens (including phenoxy) is 2. The lowest BCUT2D eigenvalue weighted by Crippen LogP contribution is -2.42. The lowest BCUT2D eigenvalue weighted by molar-refractivity contribution is -0.119. The van der Waals surface area contributed by atoms with Crippen LogP contribution in [-0.4, -0.2) is 67.4 Å². The first-order valence-electron chi connectivity index (χ1n) is 14.4. The number of carbonyl (C=O) groups excluding carboxylic acids is 4. The van der Waals surface area contributed by atoms with Gasteiger partial charge in [0.1, 0.15) is 11.4 Å². The minimum atomic E-state index is -0.628. The van der Waals surface area contributed by atoms with E-state index < -0.39 is 23.5 Å². The minimum absolute atomic E-state index is 0.0346. The normalized spacial score (nSPS) is 13.5. The van der Waals surface area contributed by atoms with Crippen molar-refractivity contribution < 1.29 is 33.8 Å². The standard InChI is InChI=1S/C31H49BrN4O7/c1-20(30(2,3)4)16-22(35-29(41)43-31(5,6)7)17-21-11-12-25(37)24(18-21)36-26(38)10-9-13-33-27(39)19-23(32)28(40)34-14-15-42-8/h11-12,18-20,22,37H,9-10,13-17H2,1-8H3,(H,33,39)(H,34,40)(H,35,41)(H,36,38)/b23-19+/t20?,22-/m1/s1. The third-order valence-electron chi connectivity index (χ3n) is 6.60. The van der Waals surface area contributed by atoms with Crippen molar-refractivity contribution in [2.24, 2.45) is 11.3 Å². The van der Waals surface area contributed by atoms with Crippen LogP contribution < -0.4 is 21.3 Å². The van der Waals surface area contributed by atoms with Gasteiger partial charge in [-0.05, 0) is 85.0 Å². The molecule has 0 heterocycles. The Kier molecular flexibility index (Phi) is 15.7. The molecular formula is C31H49BrN4O7. The molecule has 0 aliphatic carbocycles. The number of rotatable bonds is 15. The molecule has 242 valence electrons. The number of phenolic OH excluding ortho intramolecular Hbond substituents is 1. The van der Waals surface area contributed by atoms with Gasteiger partial charge < -0.3 is 35.8 Å². The van der Waals surface area contributed by atoms with E-state index in [9.17, 15) is 24.3 Å². The number of aromatic hydroxyl groups is 1. The molecule has 0 bridgehead atoms. The molecule has 1 rings (SSSR count). The SMILES string of the molecule is COCCNC(=O)/C(Br)=C\C(=O)NCCCC(=O)Nc1cc(C[C@@H](CC(C)C(C)(C)C)NC(=O)OC(C)(C)C)ccc1O. The second-order valence-corrected chi connectivity index (χ2v) is 13.4. The molecule has 0 radical (unpaired) electrons. The average molecular weight is 670 g/mol. The highest BCUT2D eigenvalue weighted by Crippen LogP contribution is 2.31. The maximum absolute atomic E-state index is 12.6. The highest BCUT2D eigenvalue weighted by molar-refractivity contribution is 9.12. The van der Waals surface area contributed by atoms with Gasteiger partial charge in [0.25, 0.3) is 5.91 Å². The third kappa shape index (κ3) is 16.3. The number of methoxy groups -OCH3 is 1. The van der Waals surface area contributed by atoms with Crippen LogP contribution in [0.5, 0.6) is 5.75 Å². The van der Waals surface area contributed by atoms with Crippen molar-refractivity contribution in [3.63, 3.8) is 0 Å². The lowest BCUT2D eigenvalue weighted by atomic mass is 9.78. The second-order valence-electron chi connectivity index (χ2n) is 12.6. The molecule has 1 aromatic rings. The molecule has 0 spiro atoms. The number of hydrogen-bond donors (Lipinski definition) is 5. The minimum Gasteiger partial charge on any atom is -0.506 e. The van der Waals surface area contributed by atoms with Crippen LogP contribution in [0.2, 0.25) is 0 Å². The summed E-state index contributed by atoms with van der Waals surface area (Å²) in [4.78, 5) is 49.1. The van der Waals surface area contributed by atoms with Crippen LogP contribution >= 0.6 is 15.9 Å². The van der Waals surface area contributed by atoms with E-state index in [1.165, 1.54) is 13.2 Å². The molecule has 0 aliphatic heterocycles. The Morgan fingerprint density at radius 2 is 1.72 bits per heavy atom. The predicted octanol–water partition coefficient (Wildman–Crippen LogP) is 4.78. The molecule has 12 heteroatoms. The second kappa shape index (κ2) is 17.9. The Bertz CT molecular complexity index is 1130. The number of hydrogen-bond acceptors (Lipinski definition) is 7. The van der Waals surface area contributed by atoms with Crippen LogP contribution in [0.4, 0.5) is 10.5 Å². The van der Waals surface area contributed by atoms with Gasteiger partial charge in [0.15, 0.2) is 0 Å². The van der Waals surface area contributed by atoms with Gasteiger partial charge >= 0.3 is 6.09 Å². The van der Waals surface area contributed by atoms with Gasteiger partial charge in [0, 0.05) is 38.7 Å². The summed E-state index contributed by atoms with van der Waals surface area (Å²) >= 11 is 3.07. The lowest BCUT2D eigenvalue weighted by Gasteiger charge is -2.32.